The zero-order chi connectivity index (χ0) is 14.7. The zero-order valence-electron chi connectivity index (χ0n) is 9.74. The molecule has 0 atom stereocenters. The predicted octanol–water partition coefficient (Wildman–Crippen LogP) is 5.07. The van der Waals surface area contributed by atoms with Crippen LogP contribution in [0.1, 0.15) is 5.56 Å². The zero-order valence-corrected chi connectivity index (χ0v) is 14.4. The molecule has 0 saturated heterocycles. The summed E-state index contributed by atoms with van der Waals surface area (Å²) in [7, 11) is 0. The van der Waals surface area contributed by atoms with Gasteiger partial charge in [-0.15, -0.1) is 0 Å². The highest BCUT2D eigenvalue weighted by Gasteiger charge is 2.06. The number of hydrogen-bond donors (Lipinski definition) is 2. The molecule has 1 aromatic carbocycles. The van der Waals surface area contributed by atoms with Gasteiger partial charge in [0.2, 0.25) is 0 Å². The number of aromatic nitrogens is 1. The van der Waals surface area contributed by atoms with E-state index in [-0.39, 0.29) is 5.75 Å². The van der Waals surface area contributed by atoms with Gasteiger partial charge in [0.15, 0.2) is 0 Å². The van der Waals surface area contributed by atoms with Gasteiger partial charge in [0.05, 0.1) is 26.4 Å². The Labute approximate surface area is 142 Å². The van der Waals surface area contributed by atoms with Crippen LogP contribution in [0, 0.1) is 0 Å². The molecule has 2 N–H and O–H groups in total. The Kier molecular flexibility index (Phi) is 5.26. The summed E-state index contributed by atoms with van der Waals surface area (Å²) in [6.45, 7) is 0. The van der Waals surface area contributed by atoms with Crippen LogP contribution in [0.2, 0.25) is 10.0 Å². The van der Waals surface area contributed by atoms with Gasteiger partial charge in [0, 0.05) is 22.4 Å². The molecule has 0 amide bonds. The molecule has 1 aromatic heterocycles. The highest BCUT2D eigenvalue weighted by atomic mass is 79.9. The van der Waals surface area contributed by atoms with Gasteiger partial charge in [-0.1, -0.05) is 39.1 Å². The molecule has 1 heterocycles. The van der Waals surface area contributed by atoms with Crippen LogP contribution in [0.25, 0.3) is 0 Å². The number of nitrogens with one attached hydrogen (secondary N) is 1. The Balaban J connectivity index is 2.23. The summed E-state index contributed by atoms with van der Waals surface area (Å²) in [6, 6.07) is 3.46. The second-order valence-corrected chi connectivity index (χ2v) is 6.26. The van der Waals surface area contributed by atoms with Crippen LogP contribution in [-0.2, 0) is 0 Å². The number of nitrogens with zero attached hydrogens (tertiary/aromatic N) is 2. The topological polar surface area (TPSA) is 57.5 Å². The van der Waals surface area contributed by atoms with Gasteiger partial charge in [-0.25, -0.2) is 0 Å². The smallest absolute Gasteiger partial charge is 0.138 e. The Morgan fingerprint density at radius 1 is 1.20 bits per heavy atom. The minimum absolute atomic E-state index is 0.0886. The number of hydrazone groups is 1. The summed E-state index contributed by atoms with van der Waals surface area (Å²) in [5.74, 6) is 0.0886. The van der Waals surface area contributed by atoms with Gasteiger partial charge in [-0.3, -0.25) is 10.4 Å². The van der Waals surface area contributed by atoms with Crippen molar-refractivity contribution in [1.29, 1.82) is 0 Å². The molecule has 0 aliphatic heterocycles. The van der Waals surface area contributed by atoms with Crippen LogP contribution in [0.3, 0.4) is 0 Å². The molecule has 0 radical (unpaired) electrons. The van der Waals surface area contributed by atoms with Crippen molar-refractivity contribution in [2.75, 3.05) is 5.43 Å². The lowest BCUT2D eigenvalue weighted by Crippen LogP contribution is -1.94. The molecule has 0 aliphatic rings. The fourth-order valence-electron chi connectivity index (χ4n) is 1.37. The van der Waals surface area contributed by atoms with E-state index in [4.69, 9.17) is 23.2 Å². The average Bonchev–Trinajstić information content (AvgIpc) is 2.38. The largest absolute Gasteiger partial charge is 0.506 e. The molecule has 0 bridgehead atoms. The van der Waals surface area contributed by atoms with Crippen molar-refractivity contribution in [2.24, 2.45) is 5.10 Å². The maximum atomic E-state index is 9.88. The summed E-state index contributed by atoms with van der Waals surface area (Å²) < 4.78 is 1.37. The van der Waals surface area contributed by atoms with Gasteiger partial charge in [-0.05, 0) is 28.1 Å². The average molecular weight is 440 g/mol. The van der Waals surface area contributed by atoms with Crippen molar-refractivity contribution in [3.63, 3.8) is 0 Å². The first kappa shape index (κ1) is 15.6. The van der Waals surface area contributed by atoms with Crippen molar-refractivity contribution in [3.8, 4) is 5.75 Å². The fourth-order valence-corrected chi connectivity index (χ4v) is 3.08. The third-order valence-corrected chi connectivity index (χ3v) is 3.93. The standard InChI is InChI=1S/C12H7Br2Cl2N3O/c13-7-1-6(12(20)8(14)2-7)3-18-19-11-9(15)4-17-5-10(11)16/h1-5,20H,(H,17,19)/b18-3-. The molecule has 2 aromatic rings. The number of halogens is 4. The van der Waals surface area contributed by atoms with E-state index < -0.39 is 0 Å². The molecule has 2 rings (SSSR count). The van der Waals surface area contributed by atoms with Crippen molar-refractivity contribution in [1.82, 2.24) is 4.98 Å². The summed E-state index contributed by atoms with van der Waals surface area (Å²) in [5, 5.41) is 14.6. The lowest BCUT2D eigenvalue weighted by atomic mass is 10.2. The second kappa shape index (κ2) is 6.76. The molecule has 0 spiro atoms. The number of pyridine rings is 1. The number of phenolic OH excluding ortho intramolecular Hbond substituents is 1. The monoisotopic (exact) mass is 437 g/mol. The lowest BCUT2D eigenvalue weighted by molar-refractivity contribution is 0.471. The Hall–Kier alpha value is -0.820. The van der Waals surface area contributed by atoms with E-state index in [1.165, 1.54) is 18.6 Å². The van der Waals surface area contributed by atoms with Crippen LogP contribution >= 0.6 is 55.1 Å². The minimum atomic E-state index is 0.0886. The molecule has 0 fully saturated rings. The maximum absolute atomic E-state index is 9.88. The van der Waals surface area contributed by atoms with E-state index in [1.807, 2.05) is 0 Å². The third-order valence-electron chi connectivity index (χ3n) is 2.29. The van der Waals surface area contributed by atoms with Crippen molar-refractivity contribution < 1.29 is 5.11 Å². The normalized spacial score (nSPS) is 11.0. The van der Waals surface area contributed by atoms with Crippen LogP contribution in [-0.4, -0.2) is 16.3 Å². The highest BCUT2D eigenvalue weighted by Crippen LogP contribution is 2.31. The third kappa shape index (κ3) is 3.63. The van der Waals surface area contributed by atoms with E-state index in [1.54, 1.807) is 12.1 Å². The highest BCUT2D eigenvalue weighted by molar-refractivity contribution is 9.11. The van der Waals surface area contributed by atoms with Gasteiger partial charge in [-0.2, -0.15) is 5.10 Å². The van der Waals surface area contributed by atoms with Crippen LogP contribution < -0.4 is 5.43 Å². The number of aromatic hydroxyl groups is 1. The summed E-state index contributed by atoms with van der Waals surface area (Å²) in [4.78, 5) is 3.84. The van der Waals surface area contributed by atoms with E-state index in [0.717, 1.165) is 4.47 Å². The molecule has 0 aliphatic carbocycles. The lowest BCUT2D eigenvalue weighted by Gasteiger charge is -2.05. The number of phenols is 1. The van der Waals surface area contributed by atoms with Crippen molar-refractivity contribution in [3.05, 3.63) is 49.1 Å². The van der Waals surface area contributed by atoms with Crippen molar-refractivity contribution in [2.45, 2.75) is 0 Å². The van der Waals surface area contributed by atoms with E-state index >= 15 is 0 Å². The minimum Gasteiger partial charge on any atom is -0.506 e. The summed E-state index contributed by atoms with van der Waals surface area (Å²) >= 11 is 18.5. The number of hydrogen-bond acceptors (Lipinski definition) is 4. The van der Waals surface area contributed by atoms with Gasteiger partial charge in [0.1, 0.15) is 5.75 Å². The first-order chi connectivity index (χ1) is 9.49. The quantitative estimate of drug-likeness (QED) is 0.519. The molecule has 0 saturated carbocycles. The molecule has 104 valence electrons. The molecular formula is C12H7Br2Cl2N3O. The number of rotatable bonds is 3. The van der Waals surface area contributed by atoms with Crippen molar-refractivity contribution >= 4 is 67.0 Å². The molecular weight excluding hydrogens is 433 g/mol. The predicted molar refractivity (Wildman–Crippen MR) is 89.0 cm³/mol. The van der Waals surface area contributed by atoms with Gasteiger partial charge >= 0.3 is 0 Å². The van der Waals surface area contributed by atoms with E-state index in [2.05, 4.69) is 47.4 Å². The van der Waals surface area contributed by atoms with E-state index in [0.29, 0.717) is 25.8 Å². The fraction of sp³-hybridized carbons (Fsp3) is 0. The SMILES string of the molecule is Oc1c(Br)cc(Br)cc1/C=N\Nc1c(Cl)cncc1Cl. The molecule has 20 heavy (non-hydrogen) atoms. The number of benzene rings is 1. The molecule has 8 heteroatoms. The van der Waals surface area contributed by atoms with E-state index in [9.17, 15) is 5.11 Å². The Morgan fingerprint density at radius 2 is 1.85 bits per heavy atom. The molecule has 0 unspecified atom stereocenters. The summed E-state index contributed by atoms with van der Waals surface area (Å²) in [6.07, 6.45) is 4.37. The van der Waals surface area contributed by atoms with Gasteiger partial charge in [0.25, 0.3) is 0 Å². The van der Waals surface area contributed by atoms with Crippen LogP contribution in [0.5, 0.6) is 5.75 Å². The number of anilines is 1. The summed E-state index contributed by atoms with van der Waals surface area (Å²) in [5.41, 5.74) is 3.70. The van der Waals surface area contributed by atoms with Crippen LogP contribution in [0.15, 0.2) is 38.6 Å². The van der Waals surface area contributed by atoms with Gasteiger partial charge < -0.3 is 5.11 Å². The molecule has 4 nitrogen and oxygen atoms in total. The maximum Gasteiger partial charge on any atom is 0.138 e. The van der Waals surface area contributed by atoms with Crippen LogP contribution in [0.4, 0.5) is 5.69 Å². The first-order valence-corrected chi connectivity index (χ1v) is 7.59. The Bertz CT molecular complexity index is 660. The first-order valence-electron chi connectivity index (χ1n) is 5.25. The second-order valence-electron chi connectivity index (χ2n) is 3.67. The Morgan fingerprint density at radius 3 is 2.50 bits per heavy atom.